The highest BCUT2D eigenvalue weighted by molar-refractivity contribution is 7.98. The summed E-state index contributed by atoms with van der Waals surface area (Å²) < 4.78 is 0. The number of nitrogens with one attached hydrogen (secondary N) is 1. The van der Waals surface area contributed by atoms with Gasteiger partial charge in [0.2, 0.25) is 11.8 Å². The molecule has 5 N–H and O–H groups in total. The summed E-state index contributed by atoms with van der Waals surface area (Å²) in [6.07, 6.45) is 3.30. The Hall–Kier alpha value is -4.09. The van der Waals surface area contributed by atoms with Crippen LogP contribution in [-0.4, -0.2) is 87.4 Å². The molecule has 0 aliphatic carbocycles. The first-order valence-electron chi connectivity index (χ1n) is 15.3. The lowest BCUT2D eigenvalue weighted by Gasteiger charge is -2.38. The Morgan fingerprint density at radius 2 is 1.71 bits per heavy atom. The average Bonchev–Trinajstić information content (AvgIpc) is 3.04. The zero-order valence-corrected chi connectivity index (χ0v) is 26.4. The van der Waals surface area contributed by atoms with Crippen molar-refractivity contribution < 1.29 is 9.59 Å². The second kappa shape index (κ2) is 15.3. The minimum Gasteiger partial charge on any atom is -0.382 e. The number of nitrogens with two attached hydrogens (primary N) is 2. The van der Waals surface area contributed by atoms with Gasteiger partial charge in [0.15, 0.2) is 5.16 Å². The molecule has 13 heteroatoms. The van der Waals surface area contributed by atoms with E-state index >= 15 is 0 Å². The predicted molar refractivity (Wildman–Crippen MR) is 175 cm³/mol. The topological polar surface area (TPSA) is 170 Å². The third-order valence-corrected chi connectivity index (χ3v) is 9.09. The van der Waals surface area contributed by atoms with Gasteiger partial charge in [-0.1, -0.05) is 30.0 Å². The molecule has 2 aliphatic rings. The number of nitrogens with zero attached hydrogens (tertiary/aromatic N) is 7. The first-order chi connectivity index (χ1) is 21.8. The van der Waals surface area contributed by atoms with Crippen molar-refractivity contribution in [2.75, 3.05) is 56.9 Å². The molecule has 3 aromatic rings. The van der Waals surface area contributed by atoms with Crippen LogP contribution in [0.3, 0.4) is 0 Å². The van der Waals surface area contributed by atoms with Crippen molar-refractivity contribution in [2.24, 2.45) is 11.8 Å². The fourth-order valence-electron chi connectivity index (χ4n) is 5.72. The third-order valence-electron chi connectivity index (χ3n) is 8.21. The van der Waals surface area contributed by atoms with Crippen LogP contribution in [0.4, 0.5) is 11.5 Å². The number of aromatic nitrogens is 3. The molecule has 45 heavy (non-hydrogen) atoms. The molecule has 12 nitrogen and oxygen atoms in total. The second-order valence-corrected chi connectivity index (χ2v) is 12.5. The number of carbonyl (C=O) groups excluding carboxylic acids is 2. The number of nitrogen functional groups attached to an aromatic ring is 1. The molecule has 2 aromatic heterocycles. The number of piperazine rings is 1. The highest BCUT2D eigenvalue weighted by Gasteiger charge is 2.25. The van der Waals surface area contributed by atoms with Gasteiger partial charge in [-0.25, -0.2) is 15.0 Å². The number of benzene rings is 1. The Morgan fingerprint density at radius 3 is 2.40 bits per heavy atom. The molecule has 236 valence electrons. The molecule has 5 rings (SSSR count). The maximum atomic E-state index is 13.0. The maximum absolute atomic E-state index is 13.0. The summed E-state index contributed by atoms with van der Waals surface area (Å²) in [5.41, 5.74) is 9.81. The summed E-state index contributed by atoms with van der Waals surface area (Å²) in [5.74, 6) is 7.20. The first-order valence-corrected chi connectivity index (χ1v) is 16.3. The van der Waals surface area contributed by atoms with Crippen molar-refractivity contribution in [1.29, 1.82) is 5.26 Å². The van der Waals surface area contributed by atoms with E-state index in [1.165, 1.54) is 18.7 Å². The minimum atomic E-state index is -0.168. The van der Waals surface area contributed by atoms with Gasteiger partial charge in [0.25, 0.3) is 0 Å². The van der Waals surface area contributed by atoms with Crippen molar-refractivity contribution in [3.63, 3.8) is 0 Å². The number of hydrogen-bond donors (Lipinski definition) is 3. The highest BCUT2D eigenvalue weighted by atomic mass is 32.2. The molecule has 0 saturated carbocycles. The lowest BCUT2D eigenvalue weighted by molar-refractivity contribution is -0.133. The van der Waals surface area contributed by atoms with E-state index in [1.807, 2.05) is 28.1 Å². The average molecular weight is 629 g/mol. The van der Waals surface area contributed by atoms with E-state index in [-0.39, 0.29) is 23.2 Å². The maximum Gasteiger partial charge on any atom is 0.223 e. The molecule has 0 bridgehead atoms. The molecule has 0 atom stereocenters. The molecule has 2 amide bonds. The van der Waals surface area contributed by atoms with Crippen LogP contribution in [0.5, 0.6) is 0 Å². The fourth-order valence-corrected chi connectivity index (χ4v) is 6.47. The number of hydrazine groups is 1. The lowest BCUT2D eigenvalue weighted by Crippen LogP contribution is -2.50. The number of thioether (sulfide) groups is 1. The SMILES string of the molecule is CC(=O)Nc1ccc(-c2nc(SCc3cccc(CCC(=O)N4CCN(CC5CCN(N)CC5)CC4)n3)nc(N)c2C#N)cc1. The second-order valence-electron chi connectivity index (χ2n) is 11.6. The van der Waals surface area contributed by atoms with Crippen molar-refractivity contribution in [3.05, 3.63) is 59.4 Å². The first kappa shape index (κ1) is 32.3. The van der Waals surface area contributed by atoms with Crippen LogP contribution in [-0.2, 0) is 21.8 Å². The number of anilines is 2. The van der Waals surface area contributed by atoms with Gasteiger partial charge >= 0.3 is 0 Å². The number of hydrogen-bond acceptors (Lipinski definition) is 11. The van der Waals surface area contributed by atoms with Gasteiger partial charge in [0.1, 0.15) is 17.5 Å². The number of nitriles is 1. The predicted octanol–water partition coefficient (Wildman–Crippen LogP) is 2.91. The number of piperidine rings is 1. The summed E-state index contributed by atoms with van der Waals surface area (Å²) >= 11 is 1.38. The van der Waals surface area contributed by atoms with Gasteiger partial charge in [0.05, 0.1) is 11.4 Å². The standard InChI is InChI=1S/C32H40N10O2S/c1-22(43)36-26-7-5-24(6-8-26)30-28(19-33)31(34)39-32(38-30)45-21-27-4-2-3-25(37-27)9-10-29(44)41-17-15-40(16-18-41)20-23-11-13-42(35)14-12-23/h2-8,23H,9-18,20-21,35H2,1H3,(H,36,43)(H2,34,38,39). The summed E-state index contributed by atoms with van der Waals surface area (Å²) in [6, 6.07) is 15.0. The van der Waals surface area contributed by atoms with Gasteiger partial charge in [-0.2, -0.15) is 5.26 Å². The Bertz CT molecular complexity index is 1530. The summed E-state index contributed by atoms with van der Waals surface area (Å²) in [7, 11) is 0. The molecule has 0 spiro atoms. The smallest absolute Gasteiger partial charge is 0.223 e. The van der Waals surface area contributed by atoms with Gasteiger partial charge in [-0.3, -0.25) is 25.3 Å². The Labute approximate surface area is 268 Å². The third kappa shape index (κ3) is 8.98. The number of amides is 2. The van der Waals surface area contributed by atoms with Crippen LogP contribution in [0.25, 0.3) is 11.3 Å². The van der Waals surface area contributed by atoms with Crippen molar-refractivity contribution in [2.45, 2.75) is 43.5 Å². The van der Waals surface area contributed by atoms with E-state index in [0.717, 1.165) is 70.0 Å². The molecule has 2 fully saturated rings. The van der Waals surface area contributed by atoms with Crippen molar-refractivity contribution in [1.82, 2.24) is 29.8 Å². The van der Waals surface area contributed by atoms with Crippen LogP contribution < -0.4 is 16.9 Å². The van der Waals surface area contributed by atoms with Crippen molar-refractivity contribution in [3.8, 4) is 17.3 Å². The van der Waals surface area contributed by atoms with Crippen LogP contribution in [0.2, 0.25) is 0 Å². The monoisotopic (exact) mass is 628 g/mol. The number of pyridine rings is 1. The molecule has 0 unspecified atom stereocenters. The Kier molecular flexibility index (Phi) is 11.0. The number of carbonyl (C=O) groups is 2. The van der Waals surface area contributed by atoms with E-state index in [2.05, 4.69) is 26.3 Å². The van der Waals surface area contributed by atoms with E-state index in [0.29, 0.717) is 46.6 Å². The Balaban J connectivity index is 1.13. The summed E-state index contributed by atoms with van der Waals surface area (Å²) in [6.45, 7) is 7.86. The summed E-state index contributed by atoms with van der Waals surface area (Å²) in [5, 5.41) is 14.8. The lowest BCUT2D eigenvalue weighted by atomic mass is 9.97. The molecule has 2 aliphatic heterocycles. The van der Waals surface area contributed by atoms with Crippen LogP contribution in [0.15, 0.2) is 47.6 Å². The zero-order chi connectivity index (χ0) is 31.8. The Morgan fingerprint density at radius 1 is 1.00 bits per heavy atom. The fraction of sp³-hybridized carbons (Fsp3) is 0.438. The molecular weight excluding hydrogens is 588 g/mol. The molecular formula is C32H40N10O2S. The molecule has 2 saturated heterocycles. The molecule has 0 radical (unpaired) electrons. The van der Waals surface area contributed by atoms with Gasteiger partial charge in [0, 0.05) is 81.9 Å². The largest absolute Gasteiger partial charge is 0.382 e. The van der Waals surface area contributed by atoms with Crippen molar-refractivity contribution >= 4 is 35.1 Å². The van der Waals surface area contributed by atoms with Gasteiger partial charge < -0.3 is 16.0 Å². The van der Waals surface area contributed by atoms with E-state index < -0.39 is 0 Å². The van der Waals surface area contributed by atoms with Gasteiger partial charge in [-0.05, 0) is 49.4 Å². The van der Waals surface area contributed by atoms with E-state index in [9.17, 15) is 14.9 Å². The minimum absolute atomic E-state index is 0.105. The van der Waals surface area contributed by atoms with Crippen LogP contribution in [0.1, 0.15) is 43.1 Å². The molecule has 4 heterocycles. The molecule has 1 aromatic carbocycles. The van der Waals surface area contributed by atoms with Crippen LogP contribution in [0, 0.1) is 17.2 Å². The van der Waals surface area contributed by atoms with E-state index in [1.54, 1.807) is 24.3 Å². The zero-order valence-electron chi connectivity index (χ0n) is 25.6. The van der Waals surface area contributed by atoms with Gasteiger partial charge in [-0.15, -0.1) is 0 Å². The number of aryl methyl sites for hydroxylation is 1. The van der Waals surface area contributed by atoms with E-state index in [4.69, 9.17) is 16.6 Å². The quantitative estimate of drug-likeness (QED) is 0.171. The number of rotatable bonds is 10. The highest BCUT2D eigenvalue weighted by Crippen LogP contribution is 2.29. The normalized spacial score (nSPS) is 16.3. The summed E-state index contributed by atoms with van der Waals surface area (Å²) in [4.78, 5) is 42.5. The van der Waals surface area contributed by atoms with Crippen LogP contribution >= 0.6 is 11.8 Å².